The third-order valence-corrected chi connectivity index (χ3v) is 8.88. The van der Waals surface area contributed by atoms with Crippen molar-refractivity contribution in [3.8, 4) is 11.5 Å². The van der Waals surface area contributed by atoms with E-state index in [4.69, 9.17) is 4.42 Å². The van der Waals surface area contributed by atoms with Crippen LogP contribution in [0.5, 0.6) is 0 Å². The molecule has 2 aromatic carbocycles. The minimum Gasteiger partial charge on any atom is -0.403 e. The Morgan fingerprint density at radius 2 is 1.46 bits per heavy atom. The number of carbonyl (C=O) groups excluding carboxylic acids is 1. The maximum Gasteiger partial charge on any atom is 0.322 e. The van der Waals surface area contributed by atoms with Gasteiger partial charge >= 0.3 is 6.01 Å². The fraction of sp³-hybridized carbons (Fsp3) is 0.318. The largest absolute Gasteiger partial charge is 0.403 e. The van der Waals surface area contributed by atoms with Gasteiger partial charge in [0.05, 0.1) is 9.79 Å². The molecule has 0 aliphatic rings. The summed E-state index contributed by atoms with van der Waals surface area (Å²) in [6, 6.07) is 11.3. The normalized spacial score (nSPS) is 12.3. The number of nitrogens with one attached hydrogen (secondary N) is 1. The Morgan fingerprint density at radius 3 is 2.03 bits per heavy atom. The zero-order chi connectivity index (χ0) is 25.8. The molecule has 3 aromatic rings. The molecule has 0 spiro atoms. The molecule has 3 rings (SSSR count). The predicted molar refractivity (Wildman–Crippen MR) is 130 cm³/mol. The van der Waals surface area contributed by atoms with Gasteiger partial charge in [0.2, 0.25) is 25.9 Å². The highest BCUT2D eigenvalue weighted by Crippen LogP contribution is 2.23. The lowest BCUT2D eigenvalue weighted by Gasteiger charge is -2.16. The Hall–Kier alpha value is -3.13. The lowest BCUT2D eigenvalue weighted by molar-refractivity contribution is 0.102. The zero-order valence-electron chi connectivity index (χ0n) is 19.8. The summed E-state index contributed by atoms with van der Waals surface area (Å²) in [6.45, 7) is 2.39. The quantitative estimate of drug-likeness (QED) is 0.429. The third kappa shape index (κ3) is 5.93. The summed E-state index contributed by atoms with van der Waals surface area (Å²) in [5.74, 6) is -0.471. The fourth-order valence-electron chi connectivity index (χ4n) is 3.00. The SMILES string of the molecule is CCCCN(C)S(=O)(=O)c1ccc(C(=O)Nc2nnc(-c3ccc(S(=O)(=O)N(C)C)cc3)o2)cc1. The number of amides is 1. The van der Waals surface area contributed by atoms with E-state index >= 15 is 0 Å². The van der Waals surface area contributed by atoms with Crippen molar-refractivity contribution < 1.29 is 26.0 Å². The molecule has 0 aliphatic heterocycles. The van der Waals surface area contributed by atoms with E-state index < -0.39 is 26.0 Å². The first-order chi connectivity index (χ1) is 16.5. The van der Waals surface area contributed by atoms with Crippen molar-refractivity contribution in [1.29, 1.82) is 0 Å². The molecule has 0 bridgehead atoms. The van der Waals surface area contributed by atoms with E-state index in [1.54, 1.807) is 0 Å². The first-order valence-electron chi connectivity index (χ1n) is 10.7. The van der Waals surface area contributed by atoms with Crippen LogP contribution in [0.3, 0.4) is 0 Å². The number of hydrogen-bond donors (Lipinski definition) is 1. The van der Waals surface area contributed by atoms with Crippen LogP contribution in [0.1, 0.15) is 30.1 Å². The van der Waals surface area contributed by atoms with Crippen LogP contribution in [0.15, 0.2) is 62.7 Å². The van der Waals surface area contributed by atoms with Crippen LogP contribution < -0.4 is 5.32 Å². The molecule has 1 N–H and O–H groups in total. The highest BCUT2D eigenvalue weighted by molar-refractivity contribution is 7.89. The molecule has 1 heterocycles. The monoisotopic (exact) mass is 521 g/mol. The predicted octanol–water partition coefficient (Wildman–Crippen LogP) is 2.66. The van der Waals surface area contributed by atoms with Crippen LogP contribution in [-0.4, -0.2) is 69.2 Å². The number of unbranched alkanes of at least 4 members (excludes halogenated alkanes) is 1. The highest BCUT2D eigenvalue weighted by atomic mass is 32.2. The van der Waals surface area contributed by atoms with Gasteiger partial charge < -0.3 is 4.42 Å². The van der Waals surface area contributed by atoms with Gasteiger partial charge in [0.1, 0.15) is 0 Å². The lowest BCUT2D eigenvalue weighted by Crippen LogP contribution is -2.28. The highest BCUT2D eigenvalue weighted by Gasteiger charge is 2.21. The van der Waals surface area contributed by atoms with Gasteiger partial charge in [-0.2, -0.15) is 0 Å². The molecule has 35 heavy (non-hydrogen) atoms. The number of nitrogens with zero attached hydrogens (tertiary/aromatic N) is 4. The van der Waals surface area contributed by atoms with Crippen molar-refractivity contribution in [2.24, 2.45) is 0 Å². The van der Waals surface area contributed by atoms with Crippen LogP contribution in [0.25, 0.3) is 11.5 Å². The van der Waals surface area contributed by atoms with Crippen LogP contribution >= 0.6 is 0 Å². The number of benzene rings is 2. The number of hydrogen-bond acceptors (Lipinski definition) is 8. The molecule has 0 unspecified atom stereocenters. The molecule has 0 saturated heterocycles. The van der Waals surface area contributed by atoms with E-state index in [2.05, 4.69) is 15.5 Å². The third-order valence-electron chi connectivity index (χ3n) is 5.18. The average molecular weight is 522 g/mol. The number of aromatic nitrogens is 2. The average Bonchev–Trinajstić information content (AvgIpc) is 3.30. The standard InChI is InChI=1S/C22H27N5O6S2/c1-5-6-15-27(4)35(31,32)19-11-7-16(8-12-19)20(28)23-22-25-24-21(33-22)17-9-13-18(14-10-17)34(29,30)26(2)3/h7-14H,5-6,15H2,1-4H3,(H,23,25,28). The summed E-state index contributed by atoms with van der Waals surface area (Å²) in [7, 11) is -2.81. The Bertz CT molecular complexity index is 1380. The second kappa shape index (κ2) is 10.6. The van der Waals surface area contributed by atoms with Crippen molar-refractivity contribution in [1.82, 2.24) is 18.8 Å². The molecule has 1 amide bonds. The van der Waals surface area contributed by atoms with E-state index in [1.165, 1.54) is 74.0 Å². The van der Waals surface area contributed by atoms with Gasteiger partial charge in [0.15, 0.2) is 0 Å². The van der Waals surface area contributed by atoms with Gasteiger partial charge in [-0.25, -0.2) is 25.4 Å². The molecular weight excluding hydrogens is 494 g/mol. The van der Waals surface area contributed by atoms with Gasteiger partial charge in [-0.3, -0.25) is 10.1 Å². The molecule has 0 saturated carbocycles. The van der Waals surface area contributed by atoms with Gasteiger partial charge in [-0.05, 0) is 55.0 Å². The van der Waals surface area contributed by atoms with Crippen molar-refractivity contribution in [2.45, 2.75) is 29.6 Å². The van der Waals surface area contributed by atoms with Crippen LogP contribution in [-0.2, 0) is 20.0 Å². The summed E-state index contributed by atoms with van der Waals surface area (Å²) >= 11 is 0. The van der Waals surface area contributed by atoms with Crippen molar-refractivity contribution in [3.05, 3.63) is 54.1 Å². The fourth-order valence-corrected chi connectivity index (χ4v) is 5.11. The zero-order valence-corrected chi connectivity index (χ0v) is 21.4. The summed E-state index contributed by atoms with van der Waals surface area (Å²) in [5.41, 5.74) is 0.676. The Labute approximate surface area is 204 Å². The first kappa shape index (κ1) is 26.5. The molecule has 0 atom stereocenters. The minimum absolute atomic E-state index is 0.0886. The summed E-state index contributed by atoms with van der Waals surface area (Å²) < 4.78 is 57.4. The van der Waals surface area contributed by atoms with Crippen molar-refractivity contribution >= 4 is 32.0 Å². The number of carbonyl (C=O) groups is 1. The van der Waals surface area contributed by atoms with Crippen molar-refractivity contribution in [3.63, 3.8) is 0 Å². The van der Waals surface area contributed by atoms with Crippen LogP contribution in [0, 0.1) is 0 Å². The Kier molecular flexibility index (Phi) is 8.05. The Balaban J connectivity index is 1.69. The molecular formula is C22H27N5O6S2. The molecule has 188 valence electrons. The van der Waals surface area contributed by atoms with E-state index in [0.29, 0.717) is 12.1 Å². The lowest BCUT2D eigenvalue weighted by atomic mass is 10.2. The van der Waals surface area contributed by atoms with Gasteiger partial charge in [0.25, 0.3) is 5.91 Å². The van der Waals surface area contributed by atoms with E-state index in [1.807, 2.05) is 6.92 Å². The van der Waals surface area contributed by atoms with Gasteiger partial charge in [-0.1, -0.05) is 18.4 Å². The van der Waals surface area contributed by atoms with Crippen molar-refractivity contribution in [2.75, 3.05) is 33.0 Å². The van der Waals surface area contributed by atoms with E-state index in [9.17, 15) is 21.6 Å². The number of anilines is 1. The molecule has 0 radical (unpaired) electrons. The second-order valence-electron chi connectivity index (χ2n) is 7.88. The second-order valence-corrected chi connectivity index (χ2v) is 12.1. The smallest absolute Gasteiger partial charge is 0.322 e. The van der Waals surface area contributed by atoms with Crippen LogP contribution in [0.2, 0.25) is 0 Å². The molecule has 1 aromatic heterocycles. The maximum atomic E-state index is 12.6. The Morgan fingerprint density at radius 1 is 0.886 bits per heavy atom. The maximum absolute atomic E-state index is 12.6. The first-order valence-corrected chi connectivity index (χ1v) is 13.6. The van der Waals surface area contributed by atoms with Crippen LogP contribution in [0.4, 0.5) is 6.01 Å². The molecule has 0 aliphatic carbocycles. The summed E-state index contributed by atoms with van der Waals surface area (Å²) in [5, 5.41) is 10.1. The van der Waals surface area contributed by atoms with E-state index in [0.717, 1.165) is 17.1 Å². The topological polar surface area (TPSA) is 143 Å². The summed E-state index contributed by atoms with van der Waals surface area (Å²) in [6.07, 6.45) is 1.63. The molecule has 0 fully saturated rings. The summed E-state index contributed by atoms with van der Waals surface area (Å²) in [4.78, 5) is 12.7. The van der Waals surface area contributed by atoms with Gasteiger partial charge in [-0.15, -0.1) is 5.10 Å². The molecule has 11 nitrogen and oxygen atoms in total. The minimum atomic E-state index is -3.64. The molecule has 13 heteroatoms. The number of sulfonamides is 2. The van der Waals surface area contributed by atoms with Gasteiger partial charge in [0, 0.05) is 38.8 Å². The van der Waals surface area contributed by atoms with E-state index in [-0.39, 0.29) is 27.3 Å². The number of rotatable bonds is 10.